The monoisotopic (exact) mass is 205 g/mol. The first-order valence-electron chi connectivity index (χ1n) is 4.39. The molecule has 4 heteroatoms. The molecule has 0 aliphatic carbocycles. The third kappa shape index (κ3) is 2.14. The molecule has 1 N–H and O–H groups in total. The summed E-state index contributed by atoms with van der Waals surface area (Å²) < 4.78 is 0. The fraction of sp³-hybridized carbons (Fsp3) is 0.200. The van der Waals surface area contributed by atoms with Gasteiger partial charge in [-0.15, -0.1) is 0 Å². The molecule has 2 rings (SSSR count). The van der Waals surface area contributed by atoms with Crippen molar-refractivity contribution in [1.82, 2.24) is 15.2 Å². The summed E-state index contributed by atoms with van der Waals surface area (Å²) in [6.45, 7) is 2.12. The summed E-state index contributed by atoms with van der Waals surface area (Å²) in [5.74, 6) is 0.932. The number of nitrogens with one attached hydrogen (secondary N) is 1. The molecule has 2 aromatic rings. The Morgan fingerprint density at radius 3 is 2.93 bits per heavy atom. The summed E-state index contributed by atoms with van der Waals surface area (Å²) in [4.78, 5) is 4.06. The van der Waals surface area contributed by atoms with Crippen LogP contribution in [0.15, 0.2) is 35.7 Å². The van der Waals surface area contributed by atoms with Crippen molar-refractivity contribution in [2.75, 3.05) is 0 Å². The average molecular weight is 205 g/mol. The van der Waals surface area contributed by atoms with Crippen LogP contribution in [0.5, 0.6) is 0 Å². The summed E-state index contributed by atoms with van der Waals surface area (Å²) >= 11 is 1.67. The summed E-state index contributed by atoms with van der Waals surface area (Å²) in [7, 11) is 0. The molecule has 1 aromatic heterocycles. The van der Waals surface area contributed by atoms with Crippen LogP contribution >= 0.6 is 11.8 Å². The van der Waals surface area contributed by atoms with Gasteiger partial charge in [-0.1, -0.05) is 36.0 Å². The van der Waals surface area contributed by atoms with Crippen molar-refractivity contribution >= 4 is 11.8 Å². The molecule has 0 spiro atoms. The number of thioether (sulfide) groups is 1. The number of hydrogen-bond donors (Lipinski definition) is 1. The first-order valence-corrected chi connectivity index (χ1v) is 5.37. The SMILES string of the molecule is Cc1ccccc1CSc1ncn[nH]1. The van der Waals surface area contributed by atoms with Gasteiger partial charge in [0.25, 0.3) is 0 Å². The normalized spacial score (nSPS) is 10.4. The van der Waals surface area contributed by atoms with Crippen LogP contribution in [0.25, 0.3) is 0 Å². The number of rotatable bonds is 3. The zero-order valence-corrected chi connectivity index (χ0v) is 8.71. The van der Waals surface area contributed by atoms with Crippen molar-refractivity contribution in [3.05, 3.63) is 41.7 Å². The van der Waals surface area contributed by atoms with Crippen LogP contribution in [0, 0.1) is 6.92 Å². The van der Waals surface area contributed by atoms with Crippen LogP contribution in [0.4, 0.5) is 0 Å². The molecule has 3 nitrogen and oxygen atoms in total. The standard InChI is InChI=1S/C10H11N3S/c1-8-4-2-3-5-9(8)6-14-10-11-7-12-13-10/h2-5,7H,6H2,1H3,(H,11,12,13). The molecule has 0 amide bonds. The number of H-pyrrole nitrogens is 1. The number of benzene rings is 1. The molecule has 0 bridgehead atoms. The minimum Gasteiger partial charge on any atom is -0.254 e. The summed E-state index contributed by atoms with van der Waals surface area (Å²) in [5, 5.41) is 7.50. The molecule has 0 saturated heterocycles. The Bertz CT molecular complexity index is 398. The van der Waals surface area contributed by atoms with Crippen LogP contribution in [0.1, 0.15) is 11.1 Å². The molecule has 0 saturated carbocycles. The van der Waals surface area contributed by atoms with Crippen molar-refractivity contribution in [3.63, 3.8) is 0 Å². The molecular formula is C10H11N3S. The topological polar surface area (TPSA) is 41.6 Å². The quantitative estimate of drug-likeness (QED) is 0.782. The van der Waals surface area contributed by atoms with E-state index in [1.54, 1.807) is 11.8 Å². The zero-order chi connectivity index (χ0) is 9.80. The van der Waals surface area contributed by atoms with Gasteiger partial charge in [0.2, 0.25) is 0 Å². The second-order valence-corrected chi connectivity index (χ2v) is 3.97. The smallest absolute Gasteiger partial charge is 0.183 e. The Morgan fingerprint density at radius 2 is 2.21 bits per heavy atom. The first kappa shape index (κ1) is 9.27. The summed E-state index contributed by atoms with van der Waals surface area (Å²) in [6.07, 6.45) is 1.53. The molecule has 0 aliphatic heterocycles. The lowest BCUT2D eigenvalue weighted by atomic mass is 10.1. The van der Waals surface area contributed by atoms with E-state index in [1.165, 1.54) is 17.5 Å². The van der Waals surface area contributed by atoms with E-state index in [2.05, 4.69) is 46.4 Å². The largest absolute Gasteiger partial charge is 0.254 e. The highest BCUT2D eigenvalue weighted by Gasteiger charge is 2.00. The van der Waals surface area contributed by atoms with E-state index >= 15 is 0 Å². The van der Waals surface area contributed by atoms with Gasteiger partial charge in [0.15, 0.2) is 5.16 Å². The Kier molecular flexibility index (Phi) is 2.84. The molecule has 14 heavy (non-hydrogen) atoms. The number of hydrogen-bond acceptors (Lipinski definition) is 3. The highest BCUT2D eigenvalue weighted by molar-refractivity contribution is 7.98. The van der Waals surface area contributed by atoms with Gasteiger partial charge in [0.05, 0.1) is 0 Å². The lowest BCUT2D eigenvalue weighted by Crippen LogP contribution is -1.85. The maximum atomic E-state index is 4.06. The molecule has 0 unspecified atom stereocenters. The fourth-order valence-electron chi connectivity index (χ4n) is 1.18. The minimum atomic E-state index is 0.869. The van der Waals surface area contributed by atoms with Crippen molar-refractivity contribution in [1.29, 1.82) is 0 Å². The Labute approximate surface area is 87.0 Å². The van der Waals surface area contributed by atoms with Gasteiger partial charge in [0, 0.05) is 5.75 Å². The summed E-state index contributed by atoms with van der Waals surface area (Å²) in [6, 6.07) is 8.37. The van der Waals surface area contributed by atoms with Crippen molar-refractivity contribution < 1.29 is 0 Å². The van der Waals surface area contributed by atoms with Gasteiger partial charge >= 0.3 is 0 Å². The van der Waals surface area contributed by atoms with E-state index in [-0.39, 0.29) is 0 Å². The van der Waals surface area contributed by atoms with Crippen LogP contribution in [-0.2, 0) is 5.75 Å². The number of aromatic amines is 1. The zero-order valence-electron chi connectivity index (χ0n) is 7.90. The number of aromatic nitrogens is 3. The molecule has 0 fully saturated rings. The fourth-order valence-corrected chi connectivity index (χ4v) is 2.04. The van der Waals surface area contributed by atoms with Gasteiger partial charge in [0.1, 0.15) is 6.33 Å². The van der Waals surface area contributed by atoms with Crippen LogP contribution in [0.3, 0.4) is 0 Å². The minimum absolute atomic E-state index is 0.869. The maximum Gasteiger partial charge on any atom is 0.183 e. The number of nitrogens with zero attached hydrogens (tertiary/aromatic N) is 2. The highest BCUT2D eigenvalue weighted by Crippen LogP contribution is 2.20. The molecule has 1 aromatic carbocycles. The molecule has 0 atom stereocenters. The van der Waals surface area contributed by atoms with Crippen LogP contribution < -0.4 is 0 Å². The molecule has 1 heterocycles. The highest BCUT2D eigenvalue weighted by atomic mass is 32.2. The Balaban J connectivity index is 2.02. The van der Waals surface area contributed by atoms with Gasteiger partial charge < -0.3 is 0 Å². The van der Waals surface area contributed by atoms with E-state index in [4.69, 9.17) is 0 Å². The van der Waals surface area contributed by atoms with Gasteiger partial charge in [-0.25, -0.2) is 4.98 Å². The molecule has 0 radical (unpaired) electrons. The van der Waals surface area contributed by atoms with Gasteiger partial charge in [-0.05, 0) is 18.1 Å². The van der Waals surface area contributed by atoms with E-state index in [0.717, 1.165) is 10.9 Å². The lowest BCUT2D eigenvalue weighted by Gasteiger charge is -2.02. The van der Waals surface area contributed by atoms with E-state index in [0.29, 0.717) is 0 Å². The molecule has 72 valence electrons. The van der Waals surface area contributed by atoms with E-state index in [9.17, 15) is 0 Å². The van der Waals surface area contributed by atoms with Crippen molar-refractivity contribution in [3.8, 4) is 0 Å². The second kappa shape index (κ2) is 4.28. The van der Waals surface area contributed by atoms with Gasteiger partial charge in [-0.3, -0.25) is 5.10 Å². The predicted molar refractivity (Wildman–Crippen MR) is 57.1 cm³/mol. The first-order chi connectivity index (χ1) is 6.86. The lowest BCUT2D eigenvalue weighted by molar-refractivity contribution is 0.972. The molecular weight excluding hydrogens is 194 g/mol. The third-order valence-corrected chi connectivity index (χ3v) is 2.94. The van der Waals surface area contributed by atoms with Gasteiger partial charge in [-0.2, -0.15) is 5.10 Å². The van der Waals surface area contributed by atoms with E-state index in [1.807, 2.05) is 0 Å². The maximum absolute atomic E-state index is 4.06. The average Bonchev–Trinajstić information content (AvgIpc) is 2.69. The predicted octanol–water partition coefficient (Wildman–Crippen LogP) is 2.41. The van der Waals surface area contributed by atoms with E-state index < -0.39 is 0 Å². The number of aryl methyl sites for hydroxylation is 1. The Hall–Kier alpha value is -1.29. The van der Waals surface area contributed by atoms with Crippen LogP contribution in [0.2, 0.25) is 0 Å². The van der Waals surface area contributed by atoms with Crippen molar-refractivity contribution in [2.45, 2.75) is 17.8 Å². The van der Waals surface area contributed by atoms with Crippen molar-refractivity contribution in [2.24, 2.45) is 0 Å². The molecule has 0 aliphatic rings. The third-order valence-electron chi connectivity index (χ3n) is 2.02. The Morgan fingerprint density at radius 1 is 1.36 bits per heavy atom. The second-order valence-electron chi connectivity index (χ2n) is 3.01. The summed E-state index contributed by atoms with van der Waals surface area (Å²) in [5.41, 5.74) is 2.66. The van der Waals surface area contributed by atoms with Crippen LogP contribution in [-0.4, -0.2) is 15.2 Å².